The Morgan fingerprint density at radius 1 is 1.08 bits per heavy atom. The summed E-state index contributed by atoms with van der Waals surface area (Å²) in [5, 5.41) is 33.9. The van der Waals surface area contributed by atoms with E-state index in [-0.39, 0.29) is 30.1 Å². The molecule has 2 aliphatic rings. The summed E-state index contributed by atoms with van der Waals surface area (Å²) in [6.07, 6.45) is 4.79. The second kappa shape index (κ2) is 11.2. The van der Waals surface area contributed by atoms with Crippen LogP contribution in [0.2, 0.25) is 0 Å². The van der Waals surface area contributed by atoms with Crippen molar-refractivity contribution in [2.45, 2.75) is 59.0 Å². The van der Waals surface area contributed by atoms with Gasteiger partial charge in [0.15, 0.2) is 0 Å². The molecule has 0 spiro atoms. The summed E-state index contributed by atoms with van der Waals surface area (Å²) in [5.74, 6) is -1.70. The molecule has 1 aliphatic carbocycles. The molecule has 1 aliphatic heterocycles. The van der Waals surface area contributed by atoms with Gasteiger partial charge in [0.05, 0.1) is 24.5 Å². The number of benzene rings is 2. The van der Waals surface area contributed by atoms with Crippen LogP contribution in [0, 0.1) is 23.7 Å². The number of rotatable bonds is 9. The van der Waals surface area contributed by atoms with Gasteiger partial charge in [0.1, 0.15) is 5.75 Å². The van der Waals surface area contributed by atoms with E-state index in [1.807, 2.05) is 44.2 Å². The van der Waals surface area contributed by atoms with Crippen LogP contribution in [0.15, 0.2) is 53.1 Å². The van der Waals surface area contributed by atoms with Crippen molar-refractivity contribution in [3.05, 3.63) is 58.7 Å². The van der Waals surface area contributed by atoms with Gasteiger partial charge in [0.2, 0.25) is 11.8 Å². The van der Waals surface area contributed by atoms with Gasteiger partial charge >= 0.3 is 0 Å². The number of phenols is 1. The maximum atomic E-state index is 12.9. The van der Waals surface area contributed by atoms with Crippen LogP contribution in [0.1, 0.15) is 58.4 Å². The molecule has 0 saturated carbocycles. The first-order valence-electron chi connectivity index (χ1n) is 13.4. The molecule has 198 valence electrons. The van der Waals surface area contributed by atoms with Crippen LogP contribution in [0.25, 0.3) is 16.8 Å². The van der Waals surface area contributed by atoms with Crippen LogP contribution in [-0.2, 0) is 9.59 Å². The Balaban J connectivity index is 1.63. The molecule has 1 saturated heterocycles. The summed E-state index contributed by atoms with van der Waals surface area (Å²) in [5.41, 5.74) is 3.97. The molecule has 4 atom stereocenters. The number of hydrogen-bond donors (Lipinski definition) is 3. The molecule has 0 unspecified atom stereocenters. The maximum absolute atomic E-state index is 12.9. The molecule has 1 heterocycles. The van der Waals surface area contributed by atoms with Crippen LogP contribution >= 0.6 is 0 Å². The minimum atomic E-state index is -0.805. The SMILES string of the molecule is CCC/C(=C\c1ccc(O)c2ccccc12)CC[C@@H](O)C1=C(C(C)C)C[C@H]2C(=O)N(C)C(=O)[C@H]2[C@H]1CO. The predicted octanol–water partition coefficient (Wildman–Crippen LogP) is 5.07. The van der Waals surface area contributed by atoms with Crippen molar-refractivity contribution >= 4 is 28.7 Å². The Kier molecular flexibility index (Phi) is 8.20. The molecule has 2 aromatic carbocycles. The van der Waals surface area contributed by atoms with Gasteiger partial charge in [0.25, 0.3) is 0 Å². The third-order valence-corrected chi connectivity index (χ3v) is 8.20. The summed E-state index contributed by atoms with van der Waals surface area (Å²) in [6.45, 7) is 5.94. The van der Waals surface area contributed by atoms with Gasteiger partial charge in [-0.2, -0.15) is 0 Å². The average molecular weight is 506 g/mol. The second-order valence-electron chi connectivity index (χ2n) is 10.8. The molecule has 37 heavy (non-hydrogen) atoms. The first-order valence-corrected chi connectivity index (χ1v) is 13.4. The molecule has 6 heteroatoms. The molecule has 2 amide bonds. The maximum Gasteiger partial charge on any atom is 0.233 e. The third kappa shape index (κ3) is 5.10. The molecule has 2 aromatic rings. The fourth-order valence-electron chi connectivity index (χ4n) is 6.32. The van der Waals surface area contributed by atoms with E-state index < -0.39 is 23.9 Å². The Hall–Kier alpha value is -2.96. The standard InChI is InChI=1S/C31H39NO5/c1-5-8-19(15-20-12-14-26(34)22-10-7-6-9-21(20)22)11-13-27(35)28-23(18(2)3)16-24-29(25(28)17-33)31(37)32(4)30(24)36/h6-7,9-10,12,14-15,18,24-25,27,29,33-35H,5,8,11,13,16-17H2,1-4H3/b19-15+/t24-,25+,27-,29-/m1/s1. The number of phenolic OH excluding ortho intramolecular Hbond substituents is 1. The van der Waals surface area contributed by atoms with Crippen LogP contribution in [-0.4, -0.2) is 51.8 Å². The molecule has 3 N–H and O–H groups in total. The normalized spacial score (nSPS) is 23.4. The highest BCUT2D eigenvalue weighted by molar-refractivity contribution is 6.05. The molecular formula is C31H39NO5. The lowest BCUT2D eigenvalue weighted by Gasteiger charge is -2.38. The predicted molar refractivity (Wildman–Crippen MR) is 146 cm³/mol. The molecule has 1 fully saturated rings. The molecule has 0 aromatic heterocycles. The average Bonchev–Trinajstić information content (AvgIpc) is 3.11. The van der Waals surface area contributed by atoms with Crippen LogP contribution in [0.3, 0.4) is 0 Å². The van der Waals surface area contributed by atoms with E-state index in [0.29, 0.717) is 19.3 Å². The van der Waals surface area contributed by atoms with E-state index in [1.165, 1.54) is 17.5 Å². The van der Waals surface area contributed by atoms with E-state index in [9.17, 15) is 24.9 Å². The fourth-order valence-corrected chi connectivity index (χ4v) is 6.32. The number of likely N-dealkylation sites (tertiary alicyclic amines) is 1. The quantitative estimate of drug-likeness (QED) is 0.327. The Labute approximate surface area is 219 Å². The monoisotopic (exact) mass is 505 g/mol. The van der Waals surface area contributed by atoms with Gasteiger partial charge in [0, 0.05) is 18.4 Å². The zero-order valence-corrected chi connectivity index (χ0v) is 22.3. The summed E-state index contributed by atoms with van der Waals surface area (Å²) < 4.78 is 0. The van der Waals surface area contributed by atoms with Gasteiger partial charge in [-0.3, -0.25) is 14.5 Å². The Morgan fingerprint density at radius 2 is 1.78 bits per heavy atom. The highest BCUT2D eigenvalue weighted by Crippen LogP contribution is 2.47. The topological polar surface area (TPSA) is 98.1 Å². The number of fused-ring (bicyclic) bond motifs is 2. The Bertz CT molecular complexity index is 1240. The molecule has 4 rings (SSSR count). The highest BCUT2D eigenvalue weighted by atomic mass is 16.3. The number of aliphatic hydroxyl groups excluding tert-OH is 2. The van der Waals surface area contributed by atoms with E-state index >= 15 is 0 Å². The summed E-state index contributed by atoms with van der Waals surface area (Å²) >= 11 is 0. The first-order chi connectivity index (χ1) is 17.7. The summed E-state index contributed by atoms with van der Waals surface area (Å²) in [7, 11) is 1.51. The number of amides is 2. The molecular weight excluding hydrogens is 466 g/mol. The van der Waals surface area contributed by atoms with Gasteiger partial charge < -0.3 is 15.3 Å². The number of aromatic hydroxyl groups is 1. The number of imide groups is 1. The van der Waals surface area contributed by atoms with Crippen molar-refractivity contribution in [1.29, 1.82) is 0 Å². The van der Waals surface area contributed by atoms with Crippen molar-refractivity contribution in [1.82, 2.24) is 4.90 Å². The van der Waals surface area contributed by atoms with E-state index in [4.69, 9.17) is 0 Å². The van der Waals surface area contributed by atoms with Crippen molar-refractivity contribution in [3.63, 3.8) is 0 Å². The van der Waals surface area contributed by atoms with E-state index in [0.717, 1.165) is 40.3 Å². The van der Waals surface area contributed by atoms with Gasteiger partial charge in [-0.15, -0.1) is 0 Å². The highest BCUT2D eigenvalue weighted by Gasteiger charge is 2.53. The number of hydrogen-bond acceptors (Lipinski definition) is 5. The van der Waals surface area contributed by atoms with Crippen LogP contribution in [0.4, 0.5) is 0 Å². The molecule has 6 nitrogen and oxygen atoms in total. The second-order valence-corrected chi connectivity index (χ2v) is 10.8. The number of carbonyl (C=O) groups excluding carboxylic acids is 2. The van der Waals surface area contributed by atoms with Gasteiger partial charge in [-0.1, -0.05) is 74.7 Å². The van der Waals surface area contributed by atoms with E-state index in [2.05, 4.69) is 13.0 Å². The largest absolute Gasteiger partial charge is 0.507 e. The number of nitrogens with zero attached hydrogens (tertiary/aromatic N) is 1. The van der Waals surface area contributed by atoms with Gasteiger partial charge in [-0.25, -0.2) is 0 Å². The van der Waals surface area contributed by atoms with Gasteiger partial charge in [-0.05, 0) is 54.2 Å². The van der Waals surface area contributed by atoms with Crippen molar-refractivity contribution in [2.24, 2.45) is 23.7 Å². The minimum Gasteiger partial charge on any atom is -0.507 e. The molecule has 0 radical (unpaired) electrons. The first kappa shape index (κ1) is 27.1. The summed E-state index contributed by atoms with van der Waals surface area (Å²) in [6, 6.07) is 11.4. The lowest BCUT2D eigenvalue weighted by Crippen LogP contribution is -2.39. The number of carbonyl (C=O) groups is 2. The fraction of sp³-hybridized carbons (Fsp3) is 0.484. The lowest BCUT2D eigenvalue weighted by molar-refractivity contribution is -0.138. The number of allylic oxidation sites excluding steroid dienone is 2. The number of aliphatic hydroxyl groups is 2. The summed E-state index contributed by atoms with van der Waals surface area (Å²) in [4.78, 5) is 26.8. The smallest absolute Gasteiger partial charge is 0.233 e. The third-order valence-electron chi connectivity index (χ3n) is 8.20. The minimum absolute atomic E-state index is 0.0995. The van der Waals surface area contributed by atoms with Crippen molar-refractivity contribution < 1.29 is 24.9 Å². The molecule has 0 bridgehead atoms. The zero-order chi connectivity index (χ0) is 26.9. The van der Waals surface area contributed by atoms with E-state index in [1.54, 1.807) is 6.07 Å². The Morgan fingerprint density at radius 3 is 2.43 bits per heavy atom. The van der Waals surface area contributed by atoms with Crippen molar-refractivity contribution in [3.8, 4) is 5.75 Å². The lowest BCUT2D eigenvalue weighted by atomic mass is 9.66. The zero-order valence-electron chi connectivity index (χ0n) is 22.3. The van der Waals surface area contributed by atoms with Crippen molar-refractivity contribution in [2.75, 3.05) is 13.7 Å². The van der Waals surface area contributed by atoms with Crippen LogP contribution in [0.5, 0.6) is 5.75 Å². The van der Waals surface area contributed by atoms with Crippen LogP contribution < -0.4 is 0 Å².